The van der Waals surface area contributed by atoms with E-state index in [2.05, 4.69) is 32.8 Å². The zero-order valence-electron chi connectivity index (χ0n) is 18.1. The minimum absolute atomic E-state index is 0.119. The van der Waals surface area contributed by atoms with E-state index in [1.54, 1.807) is 11.8 Å². The van der Waals surface area contributed by atoms with E-state index in [1.807, 2.05) is 0 Å². The maximum Gasteiger partial charge on any atom is 0.304 e. The second-order valence-corrected chi connectivity index (χ2v) is 9.86. The van der Waals surface area contributed by atoms with Gasteiger partial charge in [0.25, 0.3) is 5.85 Å². The molecule has 0 aromatic rings. The van der Waals surface area contributed by atoms with Crippen LogP contribution in [0.1, 0.15) is 51.4 Å². The smallest absolute Gasteiger partial charge is 0.304 e. The lowest BCUT2D eigenvalue weighted by molar-refractivity contribution is -0.213. The molecular formula is C22H36N4O3S. The molecule has 30 heavy (non-hydrogen) atoms. The van der Waals surface area contributed by atoms with E-state index in [9.17, 15) is 4.79 Å². The van der Waals surface area contributed by atoms with Gasteiger partial charge in [-0.3, -0.25) is 4.79 Å². The molecule has 168 valence electrons. The molecule has 8 heteroatoms. The number of ether oxygens (including phenoxy) is 1. The normalized spacial score (nSPS) is 28.9. The first-order chi connectivity index (χ1) is 14.6. The van der Waals surface area contributed by atoms with Crippen molar-refractivity contribution in [2.75, 3.05) is 44.3 Å². The fourth-order valence-corrected chi connectivity index (χ4v) is 6.22. The molecule has 0 aromatic heterocycles. The fourth-order valence-electron chi connectivity index (χ4n) is 5.38. The number of carboxylic acid groups (broad SMARTS) is 1. The van der Waals surface area contributed by atoms with Crippen molar-refractivity contribution in [2.45, 2.75) is 63.4 Å². The Balaban J connectivity index is 1.53. The minimum Gasteiger partial charge on any atom is -0.481 e. The Morgan fingerprint density at radius 2 is 1.53 bits per heavy atom. The third-order valence-electron chi connectivity index (χ3n) is 6.76. The van der Waals surface area contributed by atoms with Crippen LogP contribution in [0.2, 0.25) is 0 Å². The first-order valence-corrected chi connectivity index (χ1v) is 12.6. The molecule has 1 N–H and O–H groups in total. The quantitative estimate of drug-likeness (QED) is 0.583. The standard InChI is InChI=1S/C22H36N4O3S/c1-18-23-11-5-3-7-13-25(18)22(29-15-9-16-30-17-10-20(27)28)21(23)24-12-6-4-8-14-26(22)19(24)2/h21H,1-17H2,(H,27,28)/t21-,22-. The summed E-state index contributed by atoms with van der Waals surface area (Å²) in [5, 5.41) is 8.80. The molecule has 4 heterocycles. The van der Waals surface area contributed by atoms with Gasteiger partial charge in [0.2, 0.25) is 0 Å². The van der Waals surface area contributed by atoms with Crippen molar-refractivity contribution in [3.63, 3.8) is 0 Å². The highest BCUT2D eigenvalue weighted by Crippen LogP contribution is 2.51. The molecule has 0 aromatic carbocycles. The zero-order chi connectivity index (χ0) is 21.1. The van der Waals surface area contributed by atoms with Crippen LogP contribution in [-0.2, 0) is 9.53 Å². The van der Waals surface area contributed by atoms with Crippen molar-refractivity contribution in [3.05, 3.63) is 24.8 Å². The summed E-state index contributed by atoms with van der Waals surface area (Å²) in [6.45, 7) is 13.6. The summed E-state index contributed by atoms with van der Waals surface area (Å²) < 4.78 is 6.85. The summed E-state index contributed by atoms with van der Waals surface area (Å²) in [4.78, 5) is 20.5. The lowest BCUT2D eigenvalue weighted by atomic mass is 10.2. The molecule has 0 spiro atoms. The molecule has 0 amide bonds. The van der Waals surface area contributed by atoms with Crippen LogP contribution in [0.3, 0.4) is 0 Å². The molecule has 0 atom stereocenters. The second kappa shape index (κ2) is 9.30. The number of nitrogens with zero attached hydrogens (tertiary/aromatic N) is 4. The van der Waals surface area contributed by atoms with E-state index < -0.39 is 11.8 Å². The van der Waals surface area contributed by atoms with Gasteiger partial charge in [0, 0.05) is 31.9 Å². The van der Waals surface area contributed by atoms with Crippen LogP contribution in [0.25, 0.3) is 0 Å². The molecule has 4 bridgehead atoms. The van der Waals surface area contributed by atoms with Crippen molar-refractivity contribution in [2.24, 2.45) is 0 Å². The number of aliphatic carboxylic acids is 1. The van der Waals surface area contributed by atoms with Crippen LogP contribution in [0, 0.1) is 0 Å². The van der Waals surface area contributed by atoms with E-state index >= 15 is 0 Å². The Morgan fingerprint density at radius 3 is 2.10 bits per heavy atom. The number of rotatable bonds is 8. The Kier molecular flexibility index (Phi) is 6.72. The molecule has 4 fully saturated rings. The highest BCUT2D eigenvalue weighted by molar-refractivity contribution is 7.99. The van der Waals surface area contributed by atoms with Gasteiger partial charge >= 0.3 is 5.97 Å². The Bertz CT molecular complexity index is 635. The van der Waals surface area contributed by atoms with Crippen molar-refractivity contribution in [1.82, 2.24) is 19.6 Å². The molecule has 4 rings (SSSR count). The Hall–Kier alpha value is -1.54. The second-order valence-electron chi connectivity index (χ2n) is 8.63. The van der Waals surface area contributed by atoms with Crippen LogP contribution in [0.15, 0.2) is 24.8 Å². The largest absolute Gasteiger partial charge is 0.481 e. The van der Waals surface area contributed by atoms with Crippen LogP contribution in [0.4, 0.5) is 0 Å². The third kappa shape index (κ3) is 3.77. The molecule has 4 saturated heterocycles. The summed E-state index contributed by atoms with van der Waals surface area (Å²) in [7, 11) is 0. The average Bonchev–Trinajstić information content (AvgIpc) is 3.11. The van der Waals surface area contributed by atoms with Gasteiger partial charge in [-0.15, -0.1) is 0 Å². The Labute approximate surface area is 184 Å². The summed E-state index contributed by atoms with van der Waals surface area (Å²) in [5.41, 5.74) is 0. The molecule has 7 nitrogen and oxygen atoms in total. The van der Waals surface area contributed by atoms with Crippen LogP contribution in [0.5, 0.6) is 0 Å². The van der Waals surface area contributed by atoms with Gasteiger partial charge in [-0.2, -0.15) is 11.8 Å². The predicted molar refractivity (Wildman–Crippen MR) is 119 cm³/mol. The highest BCUT2D eigenvalue weighted by Gasteiger charge is 2.66. The van der Waals surface area contributed by atoms with Gasteiger partial charge in [0.05, 0.1) is 13.0 Å². The van der Waals surface area contributed by atoms with Crippen LogP contribution in [-0.4, -0.2) is 87.0 Å². The third-order valence-corrected chi connectivity index (χ3v) is 7.83. The predicted octanol–water partition coefficient (Wildman–Crippen LogP) is 3.13. The summed E-state index contributed by atoms with van der Waals surface area (Å²) >= 11 is 1.70. The summed E-state index contributed by atoms with van der Waals surface area (Å²) in [6.07, 6.45) is 8.45. The first-order valence-electron chi connectivity index (χ1n) is 11.5. The van der Waals surface area contributed by atoms with E-state index in [0.717, 1.165) is 62.8 Å². The van der Waals surface area contributed by atoms with E-state index in [4.69, 9.17) is 9.84 Å². The number of carbonyl (C=O) groups is 1. The van der Waals surface area contributed by atoms with E-state index in [1.165, 1.54) is 25.7 Å². The molecule has 0 saturated carbocycles. The molecule has 0 unspecified atom stereocenters. The summed E-state index contributed by atoms with van der Waals surface area (Å²) in [6, 6.07) is 0. The Morgan fingerprint density at radius 1 is 0.967 bits per heavy atom. The topological polar surface area (TPSA) is 59.5 Å². The monoisotopic (exact) mass is 436 g/mol. The van der Waals surface area contributed by atoms with E-state index in [-0.39, 0.29) is 12.6 Å². The van der Waals surface area contributed by atoms with Crippen molar-refractivity contribution >= 4 is 17.7 Å². The van der Waals surface area contributed by atoms with Crippen molar-refractivity contribution < 1.29 is 14.6 Å². The molecule has 0 radical (unpaired) electrons. The number of hydrogen-bond donors (Lipinski definition) is 1. The van der Waals surface area contributed by atoms with Gasteiger partial charge in [-0.25, -0.2) is 0 Å². The lowest BCUT2D eigenvalue weighted by Gasteiger charge is -2.44. The highest BCUT2D eigenvalue weighted by atomic mass is 32.2. The zero-order valence-corrected chi connectivity index (χ0v) is 18.9. The van der Waals surface area contributed by atoms with Gasteiger partial charge in [0.15, 0.2) is 6.17 Å². The molecule has 4 aliphatic heterocycles. The molecular weight excluding hydrogens is 400 g/mol. The van der Waals surface area contributed by atoms with Gasteiger partial charge < -0.3 is 29.4 Å². The van der Waals surface area contributed by atoms with Crippen LogP contribution >= 0.6 is 11.8 Å². The fraction of sp³-hybridized carbons (Fsp3) is 0.773. The maximum absolute atomic E-state index is 10.7. The number of carboxylic acids is 1. The molecule has 0 aliphatic carbocycles. The maximum atomic E-state index is 10.7. The van der Waals surface area contributed by atoms with Gasteiger partial charge in [-0.05, 0) is 50.7 Å². The molecule has 4 aliphatic rings. The number of hydrogen-bond acceptors (Lipinski definition) is 7. The average molecular weight is 437 g/mol. The minimum atomic E-state index is -0.725. The number of thioether (sulfide) groups is 1. The number of fused-ring (bicyclic) bond motifs is 9. The lowest BCUT2D eigenvalue weighted by Crippen LogP contribution is -2.61. The van der Waals surface area contributed by atoms with Crippen molar-refractivity contribution in [3.8, 4) is 0 Å². The van der Waals surface area contributed by atoms with Gasteiger partial charge in [0.1, 0.15) is 11.6 Å². The van der Waals surface area contributed by atoms with Gasteiger partial charge in [-0.1, -0.05) is 13.2 Å². The van der Waals surface area contributed by atoms with Crippen LogP contribution < -0.4 is 0 Å². The van der Waals surface area contributed by atoms with Crippen molar-refractivity contribution in [1.29, 1.82) is 0 Å². The van der Waals surface area contributed by atoms with E-state index in [0.29, 0.717) is 12.4 Å². The SMILES string of the molecule is C=C1N2CCCCCN1[C@]1(OCCCSCCC(=O)O)[C@H]2N2CCCCCN1C2=C. The first kappa shape index (κ1) is 21.7. The summed E-state index contributed by atoms with van der Waals surface area (Å²) in [5.74, 6) is 2.52.